The van der Waals surface area contributed by atoms with Crippen LogP contribution in [-0.4, -0.2) is 32.1 Å². The van der Waals surface area contributed by atoms with Crippen LogP contribution >= 0.6 is 0 Å². The number of benzene rings is 2. The molecule has 0 spiro atoms. The molecular weight excluding hydrogens is 320 g/mol. The van der Waals surface area contributed by atoms with Crippen molar-refractivity contribution in [3.05, 3.63) is 65.7 Å². The fourth-order valence-corrected chi connectivity index (χ4v) is 2.22. The number of methoxy groups -OCH3 is 2. The maximum atomic E-state index is 12.3. The number of hydrogen-bond donors (Lipinski definition) is 0. The quantitative estimate of drug-likeness (QED) is 0.438. The highest BCUT2D eigenvalue weighted by molar-refractivity contribution is 6.01. The lowest BCUT2D eigenvalue weighted by Gasteiger charge is -2.11. The van der Waals surface area contributed by atoms with E-state index in [0.717, 1.165) is 5.56 Å². The van der Waals surface area contributed by atoms with Crippen LogP contribution in [0.15, 0.2) is 54.6 Å². The first-order valence-corrected chi connectivity index (χ1v) is 7.75. The van der Waals surface area contributed by atoms with Crippen LogP contribution in [0.1, 0.15) is 22.8 Å². The number of rotatable bonds is 7. The van der Waals surface area contributed by atoms with Crippen LogP contribution in [0.2, 0.25) is 0 Å². The van der Waals surface area contributed by atoms with E-state index in [4.69, 9.17) is 14.2 Å². The lowest BCUT2D eigenvalue weighted by Crippen LogP contribution is -2.23. The summed E-state index contributed by atoms with van der Waals surface area (Å²) in [6.07, 6.45) is 1.98. The molecule has 0 N–H and O–H groups in total. The Labute approximate surface area is 146 Å². The monoisotopic (exact) mass is 340 g/mol. The second kappa shape index (κ2) is 8.68. The van der Waals surface area contributed by atoms with Gasteiger partial charge in [0, 0.05) is 17.2 Å². The second-order valence-corrected chi connectivity index (χ2v) is 5.25. The molecule has 1 atom stereocenters. The number of ether oxygens (including phenoxy) is 3. The Bertz CT molecular complexity index is 762. The summed E-state index contributed by atoms with van der Waals surface area (Å²) in [5, 5.41) is 0. The van der Waals surface area contributed by atoms with Gasteiger partial charge in [0.25, 0.3) is 0 Å². The van der Waals surface area contributed by atoms with Gasteiger partial charge in [-0.1, -0.05) is 18.2 Å². The third-order valence-corrected chi connectivity index (χ3v) is 3.57. The summed E-state index contributed by atoms with van der Waals surface area (Å²) in [5.74, 6) is 0.428. The van der Waals surface area contributed by atoms with Crippen LogP contribution in [0.25, 0.3) is 6.08 Å². The predicted octanol–water partition coefficient (Wildman–Crippen LogP) is 3.53. The molecule has 0 aromatic heterocycles. The highest BCUT2D eigenvalue weighted by Crippen LogP contribution is 2.19. The number of para-hydroxylation sites is 1. The standard InChI is InChI=1S/C20H20O5/c1-14(20(22)16-8-11-17(23-2)12-9-16)25-19(21)13-10-15-6-4-5-7-18(15)24-3/h4-14H,1-3H3/b13-10+. The molecule has 0 saturated heterocycles. The molecule has 0 saturated carbocycles. The minimum absolute atomic E-state index is 0.276. The van der Waals surface area contributed by atoms with E-state index < -0.39 is 12.1 Å². The van der Waals surface area contributed by atoms with Gasteiger partial charge in [0.2, 0.25) is 5.78 Å². The summed E-state index contributed by atoms with van der Waals surface area (Å²) < 4.78 is 15.4. The first-order valence-electron chi connectivity index (χ1n) is 7.75. The molecule has 2 rings (SSSR count). The Morgan fingerprint density at radius 1 is 0.960 bits per heavy atom. The summed E-state index contributed by atoms with van der Waals surface area (Å²) in [5.41, 5.74) is 1.20. The van der Waals surface area contributed by atoms with Gasteiger partial charge in [-0.25, -0.2) is 4.79 Å². The third-order valence-electron chi connectivity index (χ3n) is 3.57. The first kappa shape index (κ1) is 18.3. The van der Waals surface area contributed by atoms with Crippen molar-refractivity contribution in [1.29, 1.82) is 0 Å². The van der Waals surface area contributed by atoms with Gasteiger partial charge in [0.15, 0.2) is 6.10 Å². The van der Waals surface area contributed by atoms with Gasteiger partial charge in [-0.15, -0.1) is 0 Å². The Kier molecular flexibility index (Phi) is 6.34. The minimum atomic E-state index is -0.886. The summed E-state index contributed by atoms with van der Waals surface area (Å²) in [6.45, 7) is 1.54. The summed E-state index contributed by atoms with van der Waals surface area (Å²) in [7, 11) is 3.11. The number of esters is 1. The summed E-state index contributed by atoms with van der Waals surface area (Å²) in [6, 6.07) is 13.9. The van der Waals surface area contributed by atoms with E-state index in [1.165, 1.54) is 6.08 Å². The molecule has 0 amide bonds. The third kappa shape index (κ3) is 4.94. The molecule has 0 radical (unpaired) electrons. The molecule has 0 aliphatic heterocycles. The van der Waals surface area contributed by atoms with Gasteiger partial charge in [-0.05, 0) is 43.3 Å². The van der Waals surface area contributed by atoms with Crippen LogP contribution in [0.3, 0.4) is 0 Å². The van der Waals surface area contributed by atoms with Gasteiger partial charge in [-0.2, -0.15) is 0 Å². The molecule has 2 aromatic carbocycles. The fraction of sp³-hybridized carbons (Fsp3) is 0.200. The van der Waals surface area contributed by atoms with E-state index in [9.17, 15) is 9.59 Å². The molecule has 25 heavy (non-hydrogen) atoms. The average molecular weight is 340 g/mol. The van der Waals surface area contributed by atoms with Crippen molar-refractivity contribution in [2.24, 2.45) is 0 Å². The number of hydrogen-bond acceptors (Lipinski definition) is 5. The zero-order valence-corrected chi connectivity index (χ0v) is 14.4. The van der Waals surface area contributed by atoms with Gasteiger partial charge >= 0.3 is 5.97 Å². The Morgan fingerprint density at radius 2 is 1.64 bits per heavy atom. The fourth-order valence-electron chi connectivity index (χ4n) is 2.22. The zero-order chi connectivity index (χ0) is 18.2. The van der Waals surface area contributed by atoms with Gasteiger partial charge in [-0.3, -0.25) is 4.79 Å². The van der Waals surface area contributed by atoms with E-state index >= 15 is 0 Å². The van der Waals surface area contributed by atoms with E-state index in [-0.39, 0.29) is 5.78 Å². The molecule has 0 fully saturated rings. The molecule has 0 aliphatic rings. The smallest absolute Gasteiger partial charge is 0.331 e. The van der Waals surface area contributed by atoms with E-state index in [1.54, 1.807) is 57.6 Å². The van der Waals surface area contributed by atoms with Crippen molar-refractivity contribution in [3.63, 3.8) is 0 Å². The van der Waals surface area contributed by atoms with Crippen molar-refractivity contribution in [1.82, 2.24) is 0 Å². The molecule has 5 heteroatoms. The topological polar surface area (TPSA) is 61.8 Å². The molecular formula is C20H20O5. The van der Waals surface area contributed by atoms with Crippen molar-refractivity contribution in [3.8, 4) is 11.5 Å². The highest BCUT2D eigenvalue weighted by atomic mass is 16.5. The lowest BCUT2D eigenvalue weighted by atomic mass is 10.1. The largest absolute Gasteiger partial charge is 0.497 e. The van der Waals surface area contributed by atoms with Gasteiger partial charge in [0.1, 0.15) is 11.5 Å². The predicted molar refractivity (Wildman–Crippen MR) is 94.9 cm³/mol. The molecule has 0 aliphatic carbocycles. The number of ketones is 1. The van der Waals surface area contributed by atoms with Gasteiger partial charge < -0.3 is 14.2 Å². The van der Waals surface area contributed by atoms with Crippen LogP contribution in [0.4, 0.5) is 0 Å². The lowest BCUT2D eigenvalue weighted by molar-refractivity contribution is -0.140. The molecule has 5 nitrogen and oxygen atoms in total. The van der Waals surface area contributed by atoms with E-state index in [0.29, 0.717) is 17.1 Å². The van der Waals surface area contributed by atoms with Crippen molar-refractivity contribution in [2.45, 2.75) is 13.0 Å². The Hall–Kier alpha value is -3.08. The molecule has 2 aromatic rings. The van der Waals surface area contributed by atoms with Crippen LogP contribution in [0.5, 0.6) is 11.5 Å². The Morgan fingerprint density at radius 3 is 2.28 bits per heavy atom. The minimum Gasteiger partial charge on any atom is -0.497 e. The number of Topliss-reactive ketones (excluding diaryl/α,β-unsaturated/α-hetero) is 1. The molecule has 1 unspecified atom stereocenters. The number of carbonyl (C=O) groups is 2. The SMILES string of the molecule is COc1ccc(C(=O)C(C)OC(=O)/C=C/c2ccccc2OC)cc1. The van der Waals surface area contributed by atoms with Crippen LogP contribution in [-0.2, 0) is 9.53 Å². The maximum Gasteiger partial charge on any atom is 0.331 e. The van der Waals surface area contributed by atoms with Crippen LogP contribution in [0, 0.1) is 0 Å². The van der Waals surface area contributed by atoms with E-state index in [2.05, 4.69) is 0 Å². The average Bonchev–Trinajstić information content (AvgIpc) is 2.66. The van der Waals surface area contributed by atoms with Crippen molar-refractivity contribution >= 4 is 17.8 Å². The summed E-state index contributed by atoms with van der Waals surface area (Å²) >= 11 is 0. The second-order valence-electron chi connectivity index (χ2n) is 5.25. The van der Waals surface area contributed by atoms with Crippen molar-refractivity contribution in [2.75, 3.05) is 14.2 Å². The maximum absolute atomic E-state index is 12.3. The van der Waals surface area contributed by atoms with Gasteiger partial charge in [0.05, 0.1) is 14.2 Å². The van der Waals surface area contributed by atoms with Crippen LogP contribution < -0.4 is 9.47 Å². The normalized spacial score (nSPS) is 11.8. The first-order chi connectivity index (χ1) is 12.0. The van der Waals surface area contributed by atoms with E-state index in [1.807, 2.05) is 18.2 Å². The Balaban J connectivity index is 1.99. The molecule has 130 valence electrons. The number of carbonyl (C=O) groups excluding carboxylic acids is 2. The van der Waals surface area contributed by atoms with Crippen molar-refractivity contribution < 1.29 is 23.8 Å². The molecule has 0 bridgehead atoms. The summed E-state index contributed by atoms with van der Waals surface area (Å²) in [4.78, 5) is 24.2. The highest BCUT2D eigenvalue weighted by Gasteiger charge is 2.18. The molecule has 0 heterocycles. The zero-order valence-electron chi connectivity index (χ0n) is 14.4.